The maximum atomic E-state index is 12.2. The molecular weight excluding hydrogens is 348 g/mol. The largest absolute Gasteiger partial charge is 0.368 e. The second-order valence-corrected chi connectivity index (χ2v) is 7.56. The van der Waals surface area contributed by atoms with Crippen LogP contribution in [0.2, 0.25) is 0 Å². The van der Waals surface area contributed by atoms with E-state index >= 15 is 0 Å². The number of rotatable bonds is 7. The molecule has 1 aromatic heterocycles. The Morgan fingerprint density at radius 2 is 1.79 bits per heavy atom. The fourth-order valence-corrected chi connectivity index (χ4v) is 3.66. The van der Waals surface area contributed by atoms with Gasteiger partial charge in [0.25, 0.3) is 5.91 Å². The van der Waals surface area contributed by atoms with Gasteiger partial charge in [-0.1, -0.05) is 31.9 Å². The Hall–Kier alpha value is -2.56. The van der Waals surface area contributed by atoms with Crippen LogP contribution in [0.5, 0.6) is 0 Å². The van der Waals surface area contributed by atoms with Gasteiger partial charge in [-0.15, -0.1) is 0 Å². The molecule has 0 bridgehead atoms. The molecule has 2 aromatic rings. The Morgan fingerprint density at radius 1 is 1.04 bits per heavy atom. The van der Waals surface area contributed by atoms with E-state index in [2.05, 4.69) is 59.1 Å². The first-order chi connectivity index (χ1) is 13.6. The van der Waals surface area contributed by atoms with Crippen molar-refractivity contribution < 1.29 is 4.79 Å². The van der Waals surface area contributed by atoms with E-state index in [1.54, 1.807) is 0 Å². The number of amides is 1. The number of aryl methyl sites for hydroxylation is 1. The first-order valence-corrected chi connectivity index (χ1v) is 10.4. The molecular formula is C23H32N4O. The fraction of sp³-hybridized carbons (Fsp3) is 0.478. The number of benzene rings is 1. The van der Waals surface area contributed by atoms with Crippen molar-refractivity contribution in [1.82, 2.24) is 10.3 Å². The van der Waals surface area contributed by atoms with Gasteiger partial charge in [-0.2, -0.15) is 0 Å². The summed E-state index contributed by atoms with van der Waals surface area (Å²) in [5.41, 5.74) is 5.63. The fourth-order valence-electron chi connectivity index (χ4n) is 3.66. The monoisotopic (exact) mass is 380 g/mol. The van der Waals surface area contributed by atoms with Crippen molar-refractivity contribution in [2.45, 2.75) is 40.0 Å². The lowest BCUT2D eigenvalue weighted by molar-refractivity contribution is 0.0948. The van der Waals surface area contributed by atoms with Crippen LogP contribution in [-0.2, 0) is 0 Å². The van der Waals surface area contributed by atoms with Crippen molar-refractivity contribution in [3.63, 3.8) is 0 Å². The van der Waals surface area contributed by atoms with Gasteiger partial charge >= 0.3 is 0 Å². The van der Waals surface area contributed by atoms with Crippen LogP contribution in [-0.4, -0.2) is 43.6 Å². The summed E-state index contributed by atoms with van der Waals surface area (Å²) >= 11 is 0. The molecule has 0 unspecified atom stereocenters. The Kier molecular flexibility index (Phi) is 6.90. The minimum Gasteiger partial charge on any atom is -0.368 e. The van der Waals surface area contributed by atoms with Crippen molar-refractivity contribution in [1.29, 1.82) is 0 Å². The maximum Gasteiger partial charge on any atom is 0.269 e. The molecule has 1 fully saturated rings. The number of carbonyl (C=O) groups is 1. The highest BCUT2D eigenvalue weighted by Crippen LogP contribution is 2.25. The number of nitrogens with zero attached hydrogens (tertiary/aromatic N) is 3. The van der Waals surface area contributed by atoms with E-state index in [1.165, 1.54) is 16.8 Å². The summed E-state index contributed by atoms with van der Waals surface area (Å²) < 4.78 is 0. The highest BCUT2D eigenvalue weighted by molar-refractivity contribution is 5.92. The van der Waals surface area contributed by atoms with Gasteiger partial charge < -0.3 is 15.1 Å². The van der Waals surface area contributed by atoms with E-state index in [9.17, 15) is 4.79 Å². The van der Waals surface area contributed by atoms with Crippen LogP contribution in [0.4, 0.5) is 11.4 Å². The molecule has 2 heterocycles. The zero-order valence-electron chi connectivity index (χ0n) is 17.4. The van der Waals surface area contributed by atoms with Crippen LogP contribution >= 0.6 is 0 Å². The third-order valence-electron chi connectivity index (χ3n) is 5.61. The third kappa shape index (κ3) is 4.83. The van der Waals surface area contributed by atoms with E-state index in [1.807, 2.05) is 18.3 Å². The summed E-state index contributed by atoms with van der Waals surface area (Å²) in [7, 11) is 0. The SMILES string of the molecule is CCCCCNC(=O)c1ccc(N2CCN(c3cccc(C)c3C)CC2)cn1. The summed E-state index contributed by atoms with van der Waals surface area (Å²) in [5, 5.41) is 2.94. The molecule has 28 heavy (non-hydrogen) atoms. The van der Waals surface area contributed by atoms with Gasteiger partial charge in [-0.05, 0) is 49.6 Å². The zero-order chi connectivity index (χ0) is 19.9. The number of nitrogens with one attached hydrogen (secondary N) is 1. The van der Waals surface area contributed by atoms with Crippen LogP contribution in [0.15, 0.2) is 36.5 Å². The van der Waals surface area contributed by atoms with Gasteiger partial charge in [0.05, 0.1) is 11.9 Å². The van der Waals surface area contributed by atoms with Crippen LogP contribution in [0.3, 0.4) is 0 Å². The van der Waals surface area contributed by atoms with E-state index < -0.39 is 0 Å². The molecule has 3 rings (SSSR count). The molecule has 150 valence electrons. The van der Waals surface area contributed by atoms with Crippen molar-refractivity contribution in [2.24, 2.45) is 0 Å². The van der Waals surface area contributed by atoms with Gasteiger partial charge in [0.2, 0.25) is 0 Å². The molecule has 5 nitrogen and oxygen atoms in total. The molecule has 1 aliphatic rings. The summed E-state index contributed by atoms with van der Waals surface area (Å²) in [6.07, 6.45) is 5.14. The average molecular weight is 381 g/mol. The molecule has 1 aliphatic heterocycles. The second kappa shape index (κ2) is 9.58. The molecule has 0 spiro atoms. The molecule has 5 heteroatoms. The normalized spacial score (nSPS) is 14.2. The van der Waals surface area contributed by atoms with Gasteiger partial charge in [-0.3, -0.25) is 4.79 Å². The Labute approximate surface area is 168 Å². The van der Waals surface area contributed by atoms with Crippen LogP contribution in [0.1, 0.15) is 47.8 Å². The summed E-state index contributed by atoms with van der Waals surface area (Å²) in [5.74, 6) is -0.0811. The lowest BCUT2D eigenvalue weighted by Gasteiger charge is -2.38. The first-order valence-electron chi connectivity index (χ1n) is 10.4. The topological polar surface area (TPSA) is 48.5 Å². The smallest absolute Gasteiger partial charge is 0.269 e. The number of unbranched alkanes of at least 4 members (excludes halogenated alkanes) is 2. The first kappa shape index (κ1) is 20.2. The Balaban J connectivity index is 1.54. The van der Waals surface area contributed by atoms with Gasteiger partial charge in [0, 0.05) is 38.4 Å². The summed E-state index contributed by atoms with van der Waals surface area (Å²) in [4.78, 5) is 21.4. The predicted octanol–water partition coefficient (Wildman–Crippen LogP) is 3.95. The van der Waals surface area contributed by atoms with E-state index in [4.69, 9.17) is 0 Å². The van der Waals surface area contributed by atoms with Crippen molar-refractivity contribution >= 4 is 17.3 Å². The molecule has 0 atom stereocenters. The van der Waals surface area contributed by atoms with Crippen molar-refractivity contribution in [3.05, 3.63) is 53.3 Å². The number of carbonyl (C=O) groups excluding carboxylic acids is 1. The third-order valence-corrected chi connectivity index (χ3v) is 5.61. The highest BCUT2D eigenvalue weighted by Gasteiger charge is 2.19. The molecule has 0 radical (unpaired) electrons. The molecule has 1 saturated heterocycles. The highest BCUT2D eigenvalue weighted by atomic mass is 16.1. The molecule has 0 saturated carbocycles. The number of hydrogen-bond acceptors (Lipinski definition) is 4. The minimum absolute atomic E-state index is 0.0811. The van der Waals surface area contributed by atoms with Crippen LogP contribution in [0, 0.1) is 13.8 Å². The van der Waals surface area contributed by atoms with Crippen LogP contribution in [0.25, 0.3) is 0 Å². The number of anilines is 2. The standard InChI is InChI=1S/C23H32N4O/c1-4-5-6-12-24-23(28)21-11-10-20(17-25-21)26-13-15-27(16-14-26)22-9-7-8-18(2)19(22)3/h7-11,17H,4-6,12-16H2,1-3H3,(H,24,28). The lowest BCUT2D eigenvalue weighted by atomic mass is 10.1. The Bertz CT molecular complexity index is 780. The molecule has 1 N–H and O–H groups in total. The molecule has 0 aliphatic carbocycles. The number of piperazine rings is 1. The second-order valence-electron chi connectivity index (χ2n) is 7.56. The summed E-state index contributed by atoms with van der Waals surface area (Å²) in [6.45, 7) is 11.1. The van der Waals surface area contributed by atoms with Gasteiger partial charge in [0.1, 0.15) is 5.69 Å². The van der Waals surface area contributed by atoms with Crippen molar-refractivity contribution in [2.75, 3.05) is 42.5 Å². The zero-order valence-corrected chi connectivity index (χ0v) is 17.4. The van der Waals surface area contributed by atoms with Crippen LogP contribution < -0.4 is 15.1 Å². The average Bonchev–Trinajstić information content (AvgIpc) is 2.73. The van der Waals surface area contributed by atoms with Crippen molar-refractivity contribution in [3.8, 4) is 0 Å². The number of aromatic nitrogens is 1. The summed E-state index contributed by atoms with van der Waals surface area (Å²) in [6, 6.07) is 10.4. The minimum atomic E-state index is -0.0811. The lowest BCUT2D eigenvalue weighted by Crippen LogP contribution is -2.46. The quantitative estimate of drug-likeness (QED) is 0.739. The number of hydrogen-bond donors (Lipinski definition) is 1. The van der Waals surface area contributed by atoms with E-state index in [0.717, 1.165) is 57.7 Å². The van der Waals surface area contributed by atoms with E-state index in [-0.39, 0.29) is 5.91 Å². The Morgan fingerprint density at radius 3 is 2.46 bits per heavy atom. The van der Waals surface area contributed by atoms with Gasteiger partial charge in [-0.25, -0.2) is 4.98 Å². The predicted molar refractivity (Wildman–Crippen MR) is 116 cm³/mol. The molecule has 1 aromatic carbocycles. The molecule has 1 amide bonds. The number of pyridine rings is 1. The van der Waals surface area contributed by atoms with E-state index in [0.29, 0.717) is 5.69 Å². The van der Waals surface area contributed by atoms with Gasteiger partial charge in [0.15, 0.2) is 0 Å². The maximum absolute atomic E-state index is 12.2.